The first kappa shape index (κ1) is 14.8. The van der Waals surface area contributed by atoms with Gasteiger partial charge in [0.1, 0.15) is 12.2 Å². The van der Waals surface area contributed by atoms with Gasteiger partial charge in [-0.15, -0.1) is 10.2 Å². The molecule has 0 N–H and O–H groups in total. The summed E-state index contributed by atoms with van der Waals surface area (Å²) in [6.45, 7) is 7.94. The third-order valence-corrected chi connectivity index (χ3v) is 2.60. The molecule has 0 bridgehead atoms. The van der Waals surface area contributed by atoms with Crippen LogP contribution in [0.15, 0.2) is 5.10 Å². The summed E-state index contributed by atoms with van der Waals surface area (Å²) in [5, 5.41) is 12.7. The van der Waals surface area contributed by atoms with E-state index in [1.807, 2.05) is 20.1 Å². The molecule has 0 aromatic carbocycles. The van der Waals surface area contributed by atoms with Crippen molar-refractivity contribution in [2.24, 2.45) is 11.0 Å². The maximum absolute atomic E-state index is 5.27. The van der Waals surface area contributed by atoms with Crippen LogP contribution in [0.1, 0.15) is 51.6 Å². The van der Waals surface area contributed by atoms with Gasteiger partial charge < -0.3 is 9.47 Å². The van der Waals surface area contributed by atoms with Crippen molar-refractivity contribution in [3.63, 3.8) is 0 Å². The Balaban J connectivity index is 3.16. The number of hydrogen-bond acceptors (Lipinski definition) is 5. The SMILES string of the molecule is CO[C@@H](C)c1nnc([C@H](C)OC)n1N=CC(C)C. The standard InChI is InChI=1S/C12H22N4O2/c1-8(2)7-13-16-11(9(3)17-5)14-15-12(16)10(4)18-6/h7-10H,1-6H3/t9-,10-/m0/s1. The summed E-state index contributed by atoms with van der Waals surface area (Å²) in [6.07, 6.45) is 1.51. The molecule has 1 aromatic rings. The van der Waals surface area contributed by atoms with E-state index in [4.69, 9.17) is 9.47 Å². The van der Waals surface area contributed by atoms with Gasteiger partial charge in [0.15, 0.2) is 11.6 Å². The number of rotatable bonds is 6. The van der Waals surface area contributed by atoms with Crippen LogP contribution >= 0.6 is 0 Å². The van der Waals surface area contributed by atoms with Crippen molar-refractivity contribution >= 4 is 6.21 Å². The van der Waals surface area contributed by atoms with Crippen molar-refractivity contribution in [1.29, 1.82) is 0 Å². The molecule has 0 amide bonds. The molecule has 0 unspecified atom stereocenters. The van der Waals surface area contributed by atoms with Gasteiger partial charge in [-0.25, -0.2) is 0 Å². The van der Waals surface area contributed by atoms with Crippen LogP contribution in [0.3, 0.4) is 0 Å². The molecule has 0 saturated heterocycles. The summed E-state index contributed by atoms with van der Waals surface area (Å²) in [5.41, 5.74) is 0. The molecule has 0 spiro atoms. The van der Waals surface area contributed by atoms with Gasteiger partial charge in [-0.2, -0.15) is 9.78 Å². The number of hydrogen-bond donors (Lipinski definition) is 0. The van der Waals surface area contributed by atoms with Crippen LogP contribution in [0, 0.1) is 5.92 Å². The largest absolute Gasteiger partial charge is 0.374 e. The first-order valence-corrected chi connectivity index (χ1v) is 6.06. The third-order valence-electron chi connectivity index (χ3n) is 2.60. The lowest BCUT2D eigenvalue weighted by Gasteiger charge is -2.12. The zero-order valence-corrected chi connectivity index (χ0v) is 11.9. The lowest BCUT2D eigenvalue weighted by Crippen LogP contribution is -2.10. The number of ether oxygens (including phenoxy) is 2. The van der Waals surface area contributed by atoms with Gasteiger partial charge >= 0.3 is 0 Å². The van der Waals surface area contributed by atoms with E-state index in [1.54, 1.807) is 18.9 Å². The lowest BCUT2D eigenvalue weighted by molar-refractivity contribution is 0.101. The second-order valence-corrected chi connectivity index (χ2v) is 4.49. The molecule has 0 saturated carbocycles. The first-order chi connectivity index (χ1) is 8.51. The molecule has 1 aromatic heterocycles. The molecule has 0 aliphatic carbocycles. The average molecular weight is 254 g/mol. The molecule has 0 aliphatic rings. The Hall–Kier alpha value is -1.27. The quantitative estimate of drug-likeness (QED) is 0.730. The smallest absolute Gasteiger partial charge is 0.183 e. The monoisotopic (exact) mass is 254 g/mol. The molecule has 2 atom stereocenters. The molecule has 6 heteroatoms. The van der Waals surface area contributed by atoms with Gasteiger partial charge in [0, 0.05) is 20.4 Å². The van der Waals surface area contributed by atoms with Crippen molar-refractivity contribution < 1.29 is 9.47 Å². The summed E-state index contributed by atoms with van der Waals surface area (Å²) in [6, 6.07) is 0. The average Bonchev–Trinajstić information content (AvgIpc) is 2.78. The summed E-state index contributed by atoms with van der Waals surface area (Å²) >= 11 is 0. The lowest BCUT2D eigenvalue weighted by atomic mass is 10.3. The minimum atomic E-state index is -0.167. The van der Waals surface area contributed by atoms with E-state index in [2.05, 4.69) is 29.1 Å². The third kappa shape index (κ3) is 3.36. The molecule has 0 fully saturated rings. The van der Waals surface area contributed by atoms with Gasteiger partial charge in [0.2, 0.25) is 0 Å². The van der Waals surface area contributed by atoms with Gasteiger partial charge in [-0.05, 0) is 19.8 Å². The Kier molecular flexibility index (Phi) is 5.43. The van der Waals surface area contributed by atoms with E-state index >= 15 is 0 Å². The van der Waals surface area contributed by atoms with Crippen LogP contribution in [-0.4, -0.2) is 35.3 Å². The Bertz CT molecular complexity index is 373. The Morgan fingerprint density at radius 3 is 1.78 bits per heavy atom. The number of aromatic nitrogens is 3. The summed E-state index contributed by atoms with van der Waals surface area (Å²) in [7, 11) is 3.27. The zero-order chi connectivity index (χ0) is 13.7. The van der Waals surface area contributed by atoms with Crippen molar-refractivity contribution in [3.8, 4) is 0 Å². The number of nitrogens with zero attached hydrogens (tertiary/aromatic N) is 4. The topological polar surface area (TPSA) is 61.5 Å². The summed E-state index contributed by atoms with van der Waals surface area (Å²) in [4.78, 5) is 0. The Morgan fingerprint density at radius 1 is 1.00 bits per heavy atom. The van der Waals surface area contributed by atoms with E-state index < -0.39 is 0 Å². The molecule has 0 radical (unpaired) electrons. The van der Waals surface area contributed by atoms with E-state index in [0.717, 1.165) is 0 Å². The second kappa shape index (κ2) is 6.61. The van der Waals surface area contributed by atoms with Crippen LogP contribution in [0.4, 0.5) is 0 Å². The molecular formula is C12H22N4O2. The second-order valence-electron chi connectivity index (χ2n) is 4.49. The minimum Gasteiger partial charge on any atom is -0.374 e. The maximum atomic E-state index is 5.27. The van der Waals surface area contributed by atoms with Crippen LogP contribution in [0.5, 0.6) is 0 Å². The zero-order valence-electron chi connectivity index (χ0n) is 11.9. The molecule has 0 aliphatic heterocycles. The fraction of sp³-hybridized carbons (Fsp3) is 0.750. The van der Waals surface area contributed by atoms with Crippen molar-refractivity contribution in [2.75, 3.05) is 14.2 Å². The van der Waals surface area contributed by atoms with Crippen molar-refractivity contribution in [1.82, 2.24) is 14.9 Å². The highest BCUT2D eigenvalue weighted by Gasteiger charge is 2.20. The van der Waals surface area contributed by atoms with E-state index in [-0.39, 0.29) is 12.2 Å². The van der Waals surface area contributed by atoms with E-state index in [1.165, 1.54) is 0 Å². The number of methoxy groups -OCH3 is 2. The van der Waals surface area contributed by atoms with Crippen molar-refractivity contribution in [2.45, 2.75) is 39.9 Å². The highest BCUT2D eigenvalue weighted by Crippen LogP contribution is 2.20. The highest BCUT2D eigenvalue weighted by molar-refractivity contribution is 5.59. The summed E-state index contributed by atoms with van der Waals surface area (Å²) < 4.78 is 12.2. The normalized spacial score (nSPS) is 15.5. The molecule has 1 rings (SSSR count). The molecule has 18 heavy (non-hydrogen) atoms. The van der Waals surface area contributed by atoms with Gasteiger partial charge in [0.05, 0.1) is 0 Å². The van der Waals surface area contributed by atoms with E-state index in [0.29, 0.717) is 17.6 Å². The van der Waals surface area contributed by atoms with Crippen LogP contribution in [0.2, 0.25) is 0 Å². The predicted octanol–water partition coefficient (Wildman–Crippen LogP) is 2.18. The minimum absolute atomic E-state index is 0.167. The Labute approximate surface area is 108 Å². The first-order valence-electron chi connectivity index (χ1n) is 6.06. The summed E-state index contributed by atoms with van der Waals surface area (Å²) in [5.74, 6) is 1.70. The van der Waals surface area contributed by atoms with Gasteiger partial charge in [-0.1, -0.05) is 13.8 Å². The van der Waals surface area contributed by atoms with Gasteiger partial charge in [-0.3, -0.25) is 0 Å². The highest BCUT2D eigenvalue weighted by atomic mass is 16.5. The Morgan fingerprint density at radius 2 is 1.44 bits per heavy atom. The predicted molar refractivity (Wildman–Crippen MR) is 69.6 cm³/mol. The maximum Gasteiger partial charge on any atom is 0.183 e. The van der Waals surface area contributed by atoms with Crippen LogP contribution in [0.25, 0.3) is 0 Å². The van der Waals surface area contributed by atoms with Crippen LogP contribution < -0.4 is 0 Å². The molecule has 1 heterocycles. The van der Waals surface area contributed by atoms with Crippen molar-refractivity contribution in [3.05, 3.63) is 11.6 Å². The molecule has 102 valence electrons. The fourth-order valence-corrected chi connectivity index (χ4v) is 1.34. The molecular weight excluding hydrogens is 232 g/mol. The van der Waals surface area contributed by atoms with Gasteiger partial charge in [0.25, 0.3) is 0 Å². The van der Waals surface area contributed by atoms with E-state index in [9.17, 15) is 0 Å². The molecule has 6 nitrogen and oxygen atoms in total. The fourth-order valence-electron chi connectivity index (χ4n) is 1.34. The van der Waals surface area contributed by atoms with Crippen LogP contribution in [-0.2, 0) is 9.47 Å².